The molecule has 2 aliphatic rings. The third-order valence-corrected chi connectivity index (χ3v) is 4.51. The Balaban J connectivity index is 1.53. The third-order valence-electron chi connectivity index (χ3n) is 4.51. The van der Waals surface area contributed by atoms with Gasteiger partial charge in [-0.3, -0.25) is 0 Å². The van der Waals surface area contributed by atoms with Crippen molar-refractivity contribution in [1.29, 1.82) is 0 Å². The fraction of sp³-hybridized carbons (Fsp3) is 0.647. The van der Waals surface area contributed by atoms with Crippen LogP contribution in [0, 0.1) is 0 Å². The molecule has 1 unspecified atom stereocenters. The molecule has 1 heterocycles. The van der Waals surface area contributed by atoms with Crippen molar-refractivity contribution >= 4 is 5.69 Å². The van der Waals surface area contributed by atoms with Gasteiger partial charge in [-0.05, 0) is 49.9 Å². The van der Waals surface area contributed by atoms with E-state index in [1.165, 1.54) is 31.2 Å². The average molecular weight is 274 g/mol. The lowest BCUT2D eigenvalue weighted by molar-refractivity contribution is 0.202. The van der Waals surface area contributed by atoms with Crippen molar-refractivity contribution in [2.45, 2.75) is 57.6 Å². The zero-order valence-corrected chi connectivity index (χ0v) is 12.5. The molecule has 1 aliphatic heterocycles. The first-order valence-corrected chi connectivity index (χ1v) is 8.12. The Morgan fingerprint density at radius 1 is 1.30 bits per heavy atom. The van der Waals surface area contributed by atoms with Gasteiger partial charge in [0.15, 0.2) is 0 Å². The van der Waals surface area contributed by atoms with Gasteiger partial charge in [0.1, 0.15) is 11.9 Å². The van der Waals surface area contributed by atoms with E-state index in [4.69, 9.17) is 4.74 Å². The molecule has 1 fully saturated rings. The van der Waals surface area contributed by atoms with Gasteiger partial charge in [-0.1, -0.05) is 25.8 Å². The van der Waals surface area contributed by atoms with E-state index in [1.807, 2.05) is 0 Å². The Kier molecular flexibility index (Phi) is 4.46. The summed E-state index contributed by atoms with van der Waals surface area (Å²) in [6, 6.07) is 7.33. The van der Waals surface area contributed by atoms with Crippen molar-refractivity contribution in [2.24, 2.45) is 0 Å². The summed E-state index contributed by atoms with van der Waals surface area (Å²) < 4.78 is 5.94. The first kappa shape index (κ1) is 13.7. The molecule has 0 saturated heterocycles. The lowest BCUT2D eigenvalue weighted by atomic mass is 10.1. The highest BCUT2D eigenvalue weighted by Crippen LogP contribution is 2.30. The molecule has 3 rings (SSSR count). The number of ether oxygens (including phenoxy) is 1. The van der Waals surface area contributed by atoms with Crippen LogP contribution in [0.3, 0.4) is 0 Å². The minimum atomic E-state index is 0.317. The Labute approximate surface area is 122 Å². The zero-order chi connectivity index (χ0) is 13.8. The predicted octanol–water partition coefficient (Wildman–Crippen LogP) is 3.34. The fourth-order valence-electron chi connectivity index (χ4n) is 3.20. The lowest BCUT2D eigenvalue weighted by Gasteiger charge is -2.27. The Hall–Kier alpha value is -1.22. The van der Waals surface area contributed by atoms with Gasteiger partial charge in [0.05, 0.1) is 12.2 Å². The molecule has 2 N–H and O–H groups in total. The molecule has 1 aliphatic carbocycles. The van der Waals surface area contributed by atoms with Crippen LogP contribution in [0.2, 0.25) is 0 Å². The summed E-state index contributed by atoms with van der Waals surface area (Å²) in [5, 5.41) is 7.16. The second-order valence-corrected chi connectivity index (χ2v) is 6.05. The van der Waals surface area contributed by atoms with Gasteiger partial charge in [0, 0.05) is 6.04 Å². The summed E-state index contributed by atoms with van der Waals surface area (Å²) in [5.74, 6) is 1.01. The summed E-state index contributed by atoms with van der Waals surface area (Å²) in [6.07, 6.45) is 7.99. The fourth-order valence-corrected chi connectivity index (χ4v) is 3.20. The summed E-state index contributed by atoms with van der Waals surface area (Å²) in [4.78, 5) is 0. The molecule has 1 aromatic rings. The summed E-state index contributed by atoms with van der Waals surface area (Å²) >= 11 is 0. The highest BCUT2D eigenvalue weighted by atomic mass is 16.5. The van der Waals surface area contributed by atoms with E-state index >= 15 is 0 Å². The van der Waals surface area contributed by atoms with Gasteiger partial charge in [0.25, 0.3) is 0 Å². The van der Waals surface area contributed by atoms with Crippen molar-refractivity contribution in [2.75, 3.05) is 18.4 Å². The Bertz CT molecular complexity index is 441. The lowest BCUT2D eigenvalue weighted by Crippen LogP contribution is -2.30. The van der Waals surface area contributed by atoms with Crippen molar-refractivity contribution in [1.82, 2.24) is 5.32 Å². The Morgan fingerprint density at radius 2 is 2.15 bits per heavy atom. The molecule has 1 aromatic carbocycles. The van der Waals surface area contributed by atoms with Crippen LogP contribution in [0.25, 0.3) is 0 Å². The van der Waals surface area contributed by atoms with E-state index in [1.54, 1.807) is 0 Å². The molecule has 0 spiro atoms. The molecule has 0 radical (unpaired) electrons. The van der Waals surface area contributed by atoms with E-state index in [9.17, 15) is 0 Å². The molecule has 1 saturated carbocycles. The smallest absolute Gasteiger partial charge is 0.142 e. The molecule has 0 aromatic heterocycles. The van der Waals surface area contributed by atoms with Crippen molar-refractivity contribution in [3.63, 3.8) is 0 Å². The molecular formula is C17H26N2O. The predicted molar refractivity (Wildman–Crippen MR) is 83.6 cm³/mol. The molecular weight excluding hydrogens is 248 g/mol. The van der Waals surface area contributed by atoms with Crippen molar-refractivity contribution < 1.29 is 4.74 Å². The van der Waals surface area contributed by atoms with Gasteiger partial charge in [-0.25, -0.2) is 0 Å². The van der Waals surface area contributed by atoms with Crippen molar-refractivity contribution in [3.05, 3.63) is 23.8 Å². The zero-order valence-electron chi connectivity index (χ0n) is 12.5. The standard InChI is InChI=1S/C17H26N2O/c1-2-15-12-19-16-11-13(7-8-17(16)20-15)9-10-18-14-5-3-4-6-14/h7-8,11,14-15,18-19H,2-6,9-10,12H2,1H3. The number of fused-ring (bicyclic) bond motifs is 1. The van der Waals surface area contributed by atoms with Crippen LogP contribution in [-0.4, -0.2) is 25.2 Å². The maximum Gasteiger partial charge on any atom is 0.142 e. The van der Waals surface area contributed by atoms with Gasteiger partial charge >= 0.3 is 0 Å². The quantitative estimate of drug-likeness (QED) is 0.864. The SMILES string of the molecule is CCC1CNc2cc(CCNC3CCCC3)ccc2O1. The molecule has 20 heavy (non-hydrogen) atoms. The van der Waals surface area contributed by atoms with Crippen LogP contribution < -0.4 is 15.4 Å². The van der Waals surface area contributed by atoms with Crippen LogP contribution in [0.1, 0.15) is 44.6 Å². The van der Waals surface area contributed by atoms with Crippen molar-refractivity contribution in [3.8, 4) is 5.75 Å². The number of nitrogens with one attached hydrogen (secondary N) is 2. The molecule has 110 valence electrons. The monoisotopic (exact) mass is 274 g/mol. The number of hydrogen-bond acceptors (Lipinski definition) is 3. The van der Waals surface area contributed by atoms with Crippen LogP contribution in [0.4, 0.5) is 5.69 Å². The van der Waals surface area contributed by atoms with Crippen LogP contribution in [0.5, 0.6) is 5.75 Å². The first-order valence-electron chi connectivity index (χ1n) is 8.12. The number of hydrogen-bond donors (Lipinski definition) is 2. The van der Waals surface area contributed by atoms with Gasteiger partial charge < -0.3 is 15.4 Å². The number of anilines is 1. The first-order chi connectivity index (χ1) is 9.85. The highest BCUT2D eigenvalue weighted by molar-refractivity contribution is 5.59. The van der Waals surface area contributed by atoms with E-state index in [-0.39, 0.29) is 0 Å². The minimum Gasteiger partial charge on any atom is -0.486 e. The molecule has 0 amide bonds. The minimum absolute atomic E-state index is 0.317. The van der Waals surface area contributed by atoms with E-state index < -0.39 is 0 Å². The maximum absolute atomic E-state index is 5.94. The summed E-state index contributed by atoms with van der Waals surface area (Å²) in [7, 11) is 0. The van der Waals surface area contributed by atoms with E-state index in [0.717, 1.165) is 43.4 Å². The normalized spacial score (nSPS) is 22.1. The van der Waals surface area contributed by atoms with Gasteiger partial charge in [-0.2, -0.15) is 0 Å². The molecule has 3 nitrogen and oxygen atoms in total. The second-order valence-electron chi connectivity index (χ2n) is 6.05. The van der Waals surface area contributed by atoms with E-state index in [2.05, 4.69) is 35.8 Å². The topological polar surface area (TPSA) is 33.3 Å². The van der Waals surface area contributed by atoms with Crippen LogP contribution in [-0.2, 0) is 6.42 Å². The molecule has 0 bridgehead atoms. The molecule has 3 heteroatoms. The Morgan fingerprint density at radius 3 is 2.95 bits per heavy atom. The van der Waals surface area contributed by atoms with Crippen LogP contribution >= 0.6 is 0 Å². The number of rotatable bonds is 5. The molecule has 1 atom stereocenters. The van der Waals surface area contributed by atoms with Crippen LogP contribution in [0.15, 0.2) is 18.2 Å². The second kappa shape index (κ2) is 6.49. The highest BCUT2D eigenvalue weighted by Gasteiger charge is 2.18. The third kappa shape index (κ3) is 3.26. The number of benzene rings is 1. The maximum atomic E-state index is 5.94. The average Bonchev–Trinajstić information content (AvgIpc) is 3.00. The van der Waals surface area contributed by atoms with E-state index in [0.29, 0.717) is 6.10 Å². The van der Waals surface area contributed by atoms with Gasteiger partial charge in [0.2, 0.25) is 0 Å². The summed E-state index contributed by atoms with van der Waals surface area (Å²) in [5.41, 5.74) is 2.55. The van der Waals surface area contributed by atoms with Gasteiger partial charge in [-0.15, -0.1) is 0 Å². The summed E-state index contributed by atoms with van der Waals surface area (Å²) in [6.45, 7) is 4.18. The largest absolute Gasteiger partial charge is 0.486 e.